The number of hydrogen-bond donors (Lipinski definition) is 1. The summed E-state index contributed by atoms with van der Waals surface area (Å²) in [7, 11) is 0. The van der Waals surface area contributed by atoms with Crippen molar-refractivity contribution in [3.8, 4) is 11.3 Å². The molecule has 3 heterocycles. The number of rotatable bonds is 3. The summed E-state index contributed by atoms with van der Waals surface area (Å²) in [5.41, 5.74) is 6.87. The lowest BCUT2D eigenvalue weighted by Gasteiger charge is -2.21. The van der Waals surface area contributed by atoms with Crippen LogP contribution in [0.1, 0.15) is 23.3 Å². The van der Waals surface area contributed by atoms with E-state index in [9.17, 15) is 4.79 Å². The topological polar surface area (TPSA) is 85.2 Å². The van der Waals surface area contributed by atoms with Crippen LogP contribution < -0.4 is 5.73 Å². The van der Waals surface area contributed by atoms with Gasteiger partial charge < -0.3 is 15.2 Å². The van der Waals surface area contributed by atoms with Crippen LogP contribution in [0.5, 0.6) is 0 Å². The van der Waals surface area contributed by atoms with Crippen molar-refractivity contribution in [3.63, 3.8) is 0 Å². The van der Waals surface area contributed by atoms with E-state index in [1.807, 2.05) is 12.1 Å². The summed E-state index contributed by atoms with van der Waals surface area (Å²) in [5.74, 6) is 0.459. The molecule has 104 valence electrons. The van der Waals surface area contributed by atoms with Gasteiger partial charge in [0.1, 0.15) is 0 Å². The van der Waals surface area contributed by atoms with Crippen LogP contribution in [0.3, 0.4) is 0 Å². The number of nitrogens with zero attached hydrogens (tertiary/aromatic N) is 3. The van der Waals surface area contributed by atoms with Gasteiger partial charge in [-0.05, 0) is 25.0 Å². The Morgan fingerprint density at radius 3 is 3.00 bits per heavy atom. The molecule has 1 unspecified atom stereocenters. The number of amides is 1. The van der Waals surface area contributed by atoms with Crippen molar-refractivity contribution in [3.05, 3.63) is 36.3 Å². The smallest absolute Gasteiger partial charge is 0.276 e. The van der Waals surface area contributed by atoms with Gasteiger partial charge in [-0.3, -0.25) is 9.78 Å². The van der Waals surface area contributed by atoms with E-state index in [0.29, 0.717) is 18.0 Å². The lowest BCUT2D eigenvalue weighted by atomic mass is 10.2. The molecule has 1 saturated heterocycles. The van der Waals surface area contributed by atoms with Crippen molar-refractivity contribution in [2.75, 3.05) is 13.1 Å². The second-order valence-electron chi connectivity index (χ2n) is 4.84. The van der Waals surface area contributed by atoms with Crippen LogP contribution in [0, 0.1) is 0 Å². The number of nitrogens with two attached hydrogens (primary N) is 1. The van der Waals surface area contributed by atoms with Crippen molar-refractivity contribution in [1.82, 2.24) is 15.0 Å². The second kappa shape index (κ2) is 5.42. The van der Waals surface area contributed by atoms with Crippen LogP contribution in [0.2, 0.25) is 0 Å². The molecule has 0 aliphatic carbocycles. The number of hydrogen-bond acceptors (Lipinski definition) is 5. The number of likely N-dealkylation sites (tertiary alicyclic amines) is 1. The van der Waals surface area contributed by atoms with Crippen LogP contribution >= 0.6 is 0 Å². The molecule has 1 amide bonds. The summed E-state index contributed by atoms with van der Waals surface area (Å²) in [5, 5.41) is 3.88. The predicted octanol–water partition coefficient (Wildman–Crippen LogP) is 1.30. The summed E-state index contributed by atoms with van der Waals surface area (Å²) in [4.78, 5) is 18.1. The Balaban J connectivity index is 1.82. The first-order valence-electron chi connectivity index (χ1n) is 6.67. The minimum Gasteiger partial charge on any atom is -0.355 e. The van der Waals surface area contributed by atoms with Gasteiger partial charge in [0.25, 0.3) is 5.91 Å². The van der Waals surface area contributed by atoms with Crippen LogP contribution in [-0.2, 0) is 0 Å². The third-order valence-electron chi connectivity index (χ3n) is 3.60. The van der Waals surface area contributed by atoms with Gasteiger partial charge in [-0.2, -0.15) is 0 Å². The van der Waals surface area contributed by atoms with Gasteiger partial charge in [0.05, 0.1) is 0 Å². The molecule has 2 aromatic heterocycles. The molecule has 2 aromatic rings. The van der Waals surface area contributed by atoms with Gasteiger partial charge in [0.2, 0.25) is 0 Å². The van der Waals surface area contributed by atoms with Crippen molar-refractivity contribution in [1.29, 1.82) is 0 Å². The first-order chi connectivity index (χ1) is 9.79. The molecule has 0 bridgehead atoms. The third-order valence-corrected chi connectivity index (χ3v) is 3.60. The summed E-state index contributed by atoms with van der Waals surface area (Å²) in [6.45, 7) is 1.22. The maximum atomic E-state index is 12.4. The lowest BCUT2D eigenvalue weighted by Crippen LogP contribution is -2.40. The molecule has 1 atom stereocenters. The Kier molecular flexibility index (Phi) is 3.47. The van der Waals surface area contributed by atoms with Crippen molar-refractivity contribution in [2.24, 2.45) is 5.73 Å². The highest BCUT2D eigenvalue weighted by molar-refractivity contribution is 5.93. The molecule has 0 aromatic carbocycles. The Labute approximate surface area is 116 Å². The molecule has 1 aliphatic rings. The van der Waals surface area contributed by atoms with E-state index in [1.165, 1.54) is 0 Å². The molecule has 20 heavy (non-hydrogen) atoms. The average molecular weight is 272 g/mol. The summed E-state index contributed by atoms with van der Waals surface area (Å²) >= 11 is 0. The molecule has 0 spiro atoms. The molecule has 2 N–H and O–H groups in total. The Morgan fingerprint density at radius 2 is 2.25 bits per heavy atom. The maximum absolute atomic E-state index is 12.4. The molecular weight excluding hydrogens is 256 g/mol. The molecule has 6 heteroatoms. The standard InChI is InChI=1S/C14H16N4O2/c15-9-11-2-1-7-18(11)14(19)12-8-13(20-17-12)10-3-5-16-6-4-10/h3-6,8,11H,1-2,7,9,15H2. The van der Waals surface area contributed by atoms with Gasteiger partial charge in [0.15, 0.2) is 11.5 Å². The van der Waals surface area contributed by atoms with Crippen LogP contribution in [0.15, 0.2) is 35.1 Å². The van der Waals surface area contributed by atoms with Gasteiger partial charge in [0, 0.05) is 43.2 Å². The van der Waals surface area contributed by atoms with Gasteiger partial charge in [-0.25, -0.2) is 0 Å². The van der Waals surface area contributed by atoms with E-state index in [0.717, 1.165) is 24.9 Å². The Hall–Kier alpha value is -2.21. The van der Waals surface area contributed by atoms with Gasteiger partial charge in [-0.1, -0.05) is 5.16 Å². The molecular formula is C14H16N4O2. The van der Waals surface area contributed by atoms with E-state index in [-0.39, 0.29) is 11.9 Å². The van der Waals surface area contributed by atoms with Crippen LogP contribution in [-0.4, -0.2) is 40.1 Å². The fourth-order valence-corrected chi connectivity index (χ4v) is 2.52. The Bertz CT molecular complexity index is 596. The average Bonchev–Trinajstić information content (AvgIpc) is 3.16. The minimum atomic E-state index is -0.109. The zero-order valence-corrected chi connectivity index (χ0v) is 11.0. The van der Waals surface area contributed by atoms with E-state index in [2.05, 4.69) is 10.1 Å². The van der Waals surface area contributed by atoms with Crippen molar-refractivity contribution < 1.29 is 9.32 Å². The Morgan fingerprint density at radius 1 is 1.45 bits per heavy atom. The molecule has 1 aliphatic heterocycles. The molecule has 3 rings (SSSR count). The normalized spacial score (nSPS) is 18.4. The summed E-state index contributed by atoms with van der Waals surface area (Å²) in [6, 6.07) is 5.41. The number of pyridine rings is 1. The van der Waals surface area contributed by atoms with E-state index in [1.54, 1.807) is 23.4 Å². The third kappa shape index (κ3) is 2.30. The maximum Gasteiger partial charge on any atom is 0.276 e. The van der Waals surface area contributed by atoms with Crippen molar-refractivity contribution in [2.45, 2.75) is 18.9 Å². The zero-order valence-electron chi connectivity index (χ0n) is 11.0. The monoisotopic (exact) mass is 272 g/mol. The predicted molar refractivity (Wildman–Crippen MR) is 72.8 cm³/mol. The van der Waals surface area contributed by atoms with E-state index in [4.69, 9.17) is 10.3 Å². The first kappa shape index (κ1) is 12.8. The van der Waals surface area contributed by atoms with E-state index < -0.39 is 0 Å². The number of carbonyl (C=O) groups is 1. The zero-order chi connectivity index (χ0) is 13.9. The van der Waals surface area contributed by atoms with Crippen LogP contribution in [0.25, 0.3) is 11.3 Å². The van der Waals surface area contributed by atoms with Gasteiger partial charge >= 0.3 is 0 Å². The summed E-state index contributed by atoms with van der Waals surface area (Å²) < 4.78 is 5.24. The summed E-state index contributed by atoms with van der Waals surface area (Å²) in [6.07, 6.45) is 5.29. The van der Waals surface area contributed by atoms with Gasteiger partial charge in [-0.15, -0.1) is 0 Å². The highest BCUT2D eigenvalue weighted by Gasteiger charge is 2.30. The molecule has 0 saturated carbocycles. The second-order valence-corrected chi connectivity index (χ2v) is 4.84. The fraction of sp³-hybridized carbons (Fsp3) is 0.357. The highest BCUT2D eigenvalue weighted by atomic mass is 16.5. The molecule has 0 radical (unpaired) electrons. The minimum absolute atomic E-state index is 0.109. The number of carbonyl (C=O) groups excluding carboxylic acids is 1. The number of aromatic nitrogens is 2. The van der Waals surface area contributed by atoms with E-state index >= 15 is 0 Å². The van der Waals surface area contributed by atoms with Crippen LogP contribution in [0.4, 0.5) is 0 Å². The highest BCUT2D eigenvalue weighted by Crippen LogP contribution is 2.23. The lowest BCUT2D eigenvalue weighted by molar-refractivity contribution is 0.0731. The molecule has 1 fully saturated rings. The van der Waals surface area contributed by atoms with Crippen molar-refractivity contribution >= 4 is 5.91 Å². The largest absolute Gasteiger partial charge is 0.355 e. The SMILES string of the molecule is NCC1CCCN1C(=O)c1cc(-c2ccncc2)on1. The fourth-order valence-electron chi connectivity index (χ4n) is 2.52. The first-order valence-corrected chi connectivity index (χ1v) is 6.67. The molecule has 6 nitrogen and oxygen atoms in total. The quantitative estimate of drug-likeness (QED) is 0.910.